The number of ether oxygens (including phenoxy) is 1. The van der Waals surface area contributed by atoms with Crippen molar-refractivity contribution in [2.24, 2.45) is 0 Å². The van der Waals surface area contributed by atoms with Gasteiger partial charge in [0.25, 0.3) is 5.69 Å². The SMILES string of the molecule is COc1cc([N+](=O)[O-])ccc1NC(=S)NCCc1cccc(Cl)c1. The maximum Gasteiger partial charge on any atom is 0.273 e. The first-order valence-electron chi connectivity index (χ1n) is 7.11. The number of nitro benzene ring substituents is 1. The highest BCUT2D eigenvalue weighted by Crippen LogP contribution is 2.28. The summed E-state index contributed by atoms with van der Waals surface area (Å²) in [4.78, 5) is 10.3. The van der Waals surface area contributed by atoms with Crippen molar-refractivity contribution in [3.63, 3.8) is 0 Å². The van der Waals surface area contributed by atoms with Gasteiger partial charge in [0, 0.05) is 17.6 Å². The second kappa shape index (κ2) is 8.47. The highest BCUT2D eigenvalue weighted by molar-refractivity contribution is 7.80. The molecule has 0 atom stereocenters. The van der Waals surface area contributed by atoms with Gasteiger partial charge in [0.1, 0.15) is 5.75 Å². The Morgan fingerprint density at radius 1 is 1.33 bits per heavy atom. The molecular weight excluding hydrogens is 350 g/mol. The highest BCUT2D eigenvalue weighted by Gasteiger charge is 2.12. The average Bonchev–Trinajstić information content (AvgIpc) is 2.55. The first-order chi connectivity index (χ1) is 11.5. The standard InChI is InChI=1S/C16H16ClN3O3S/c1-23-15-10-13(20(21)22)5-6-14(15)19-16(24)18-8-7-11-3-2-4-12(17)9-11/h2-6,9-10H,7-8H2,1H3,(H2,18,19,24). The first kappa shape index (κ1) is 18.0. The van der Waals surface area contributed by atoms with Crippen LogP contribution in [0.5, 0.6) is 5.75 Å². The fourth-order valence-corrected chi connectivity index (χ4v) is 2.50. The fourth-order valence-electron chi connectivity index (χ4n) is 2.08. The Labute approximate surface area is 149 Å². The number of hydrogen-bond acceptors (Lipinski definition) is 4. The van der Waals surface area contributed by atoms with Gasteiger partial charge in [0.15, 0.2) is 5.11 Å². The van der Waals surface area contributed by atoms with Gasteiger partial charge in [-0.3, -0.25) is 10.1 Å². The molecule has 126 valence electrons. The van der Waals surface area contributed by atoms with Crippen molar-refractivity contribution in [1.29, 1.82) is 0 Å². The molecule has 0 bridgehead atoms. The second-order valence-electron chi connectivity index (χ2n) is 4.90. The van der Waals surface area contributed by atoms with Gasteiger partial charge in [0.05, 0.1) is 23.8 Å². The lowest BCUT2D eigenvalue weighted by atomic mass is 10.1. The normalized spacial score (nSPS) is 10.1. The zero-order chi connectivity index (χ0) is 17.5. The lowest BCUT2D eigenvalue weighted by Gasteiger charge is -2.13. The Hall–Kier alpha value is -2.38. The van der Waals surface area contributed by atoms with Crippen LogP contribution >= 0.6 is 23.8 Å². The Kier molecular flexibility index (Phi) is 6.34. The number of hydrogen-bond donors (Lipinski definition) is 2. The van der Waals surface area contributed by atoms with Gasteiger partial charge in [-0.25, -0.2) is 0 Å². The lowest BCUT2D eigenvalue weighted by molar-refractivity contribution is -0.384. The summed E-state index contributed by atoms with van der Waals surface area (Å²) in [5.41, 5.74) is 1.62. The number of nitrogens with one attached hydrogen (secondary N) is 2. The predicted octanol–water partition coefficient (Wildman–Crippen LogP) is 3.79. The fraction of sp³-hybridized carbons (Fsp3) is 0.188. The third-order valence-electron chi connectivity index (χ3n) is 3.23. The molecule has 0 aliphatic heterocycles. The van der Waals surface area contributed by atoms with Crippen LogP contribution in [0, 0.1) is 10.1 Å². The Balaban J connectivity index is 1.91. The third kappa shape index (κ3) is 5.07. The number of methoxy groups -OCH3 is 1. The van der Waals surface area contributed by atoms with Crippen molar-refractivity contribution >= 4 is 40.3 Å². The number of nitrogens with zero attached hydrogens (tertiary/aromatic N) is 1. The van der Waals surface area contributed by atoms with E-state index in [1.807, 2.05) is 24.3 Å². The third-order valence-corrected chi connectivity index (χ3v) is 3.71. The first-order valence-corrected chi connectivity index (χ1v) is 7.90. The summed E-state index contributed by atoms with van der Waals surface area (Å²) in [7, 11) is 1.44. The topological polar surface area (TPSA) is 76.4 Å². The zero-order valence-corrected chi connectivity index (χ0v) is 14.5. The quantitative estimate of drug-likeness (QED) is 0.461. The molecule has 0 aromatic heterocycles. The van der Waals surface area contributed by atoms with E-state index in [9.17, 15) is 10.1 Å². The molecule has 2 rings (SSSR count). The summed E-state index contributed by atoms with van der Waals surface area (Å²) in [5, 5.41) is 17.9. The summed E-state index contributed by atoms with van der Waals surface area (Å²) < 4.78 is 5.15. The van der Waals surface area contributed by atoms with Gasteiger partial charge in [-0.15, -0.1) is 0 Å². The van der Waals surface area contributed by atoms with Gasteiger partial charge in [-0.2, -0.15) is 0 Å². The molecule has 0 spiro atoms. The largest absolute Gasteiger partial charge is 0.494 e. The molecule has 2 N–H and O–H groups in total. The summed E-state index contributed by atoms with van der Waals surface area (Å²) in [6.07, 6.45) is 0.764. The minimum Gasteiger partial charge on any atom is -0.494 e. The monoisotopic (exact) mass is 365 g/mol. The lowest BCUT2D eigenvalue weighted by Crippen LogP contribution is -2.30. The molecule has 6 nitrogen and oxygen atoms in total. The van der Waals surface area contributed by atoms with Crippen LogP contribution in [-0.4, -0.2) is 23.7 Å². The van der Waals surface area contributed by atoms with E-state index in [2.05, 4.69) is 10.6 Å². The van der Waals surface area contributed by atoms with Crippen LogP contribution < -0.4 is 15.4 Å². The molecule has 2 aromatic rings. The number of rotatable bonds is 6. The summed E-state index contributed by atoms with van der Waals surface area (Å²) in [5.74, 6) is 0.350. The Morgan fingerprint density at radius 3 is 2.79 bits per heavy atom. The van der Waals surface area contributed by atoms with Crippen molar-refractivity contribution in [3.8, 4) is 5.75 Å². The number of non-ortho nitro benzene ring substituents is 1. The number of benzene rings is 2. The van der Waals surface area contributed by atoms with Crippen LogP contribution in [0.4, 0.5) is 11.4 Å². The molecule has 24 heavy (non-hydrogen) atoms. The molecule has 8 heteroatoms. The van der Waals surface area contributed by atoms with E-state index >= 15 is 0 Å². The van der Waals surface area contributed by atoms with Crippen molar-refractivity contribution < 1.29 is 9.66 Å². The maximum atomic E-state index is 10.8. The van der Waals surface area contributed by atoms with Gasteiger partial charge in [0.2, 0.25) is 0 Å². The second-order valence-corrected chi connectivity index (χ2v) is 5.75. The van der Waals surface area contributed by atoms with E-state index in [1.54, 1.807) is 6.07 Å². The van der Waals surface area contributed by atoms with Crippen molar-refractivity contribution in [2.45, 2.75) is 6.42 Å². The minimum absolute atomic E-state index is 0.0442. The smallest absolute Gasteiger partial charge is 0.273 e. The Bertz CT molecular complexity index is 755. The molecule has 0 fully saturated rings. The minimum atomic E-state index is -0.478. The molecule has 0 aliphatic carbocycles. The van der Waals surface area contributed by atoms with Crippen LogP contribution in [-0.2, 0) is 6.42 Å². The van der Waals surface area contributed by atoms with Crippen LogP contribution in [0.3, 0.4) is 0 Å². The maximum absolute atomic E-state index is 10.8. The van der Waals surface area contributed by atoms with Gasteiger partial charge >= 0.3 is 0 Å². The van der Waals surface area contributed by atoms with Gasteiger partial charge in [-0.1, -0.05) is 23.7 Å². The van der Waals surface area contributed by atoms with Crippen LogP contribution in [0.15, 0.2) is 42.5 Å². The average molecular weight is 366 g/mol. The molecule has 0 amide bonds. The van der Waals surface area contributed by atoms with Crippen molar-refractivity contribution in [3.05, 3.63) is 63.2 Å². The molecule has 0 saturated heterocycles. The summed E-state index contributed by atoms with van der Waals surface area (Å²) in [6.45, 7) is 0.626. The molecule has 0 radical (unpaired) electrons. The number of anilines is 1. The van der Waals surface area contributed by atoms with E-state index in [1.165, 1.54) is 19.2 Å². The van der Waals surface area contributed by atoms with E-state index in [0.717, 1.165) is 12.0 Å². The number of halogens is 1. The van der Waals surface area contributed by atoms with Crippen molar-refractivity contribution in [2.75, 3.05) is 19.0 Å². The number of thiocarbonyl (C=S) groups is 1. The van der Waals surface area contributed by atoms with E-state index in [4.69, 9.17) is 28.6 Å². The zero-order valence-electron chi connectivity index (χ0n) is 12.9. The van der Waals surface area contributed by atoms with E-state index in [0.29, 0.717) is 28.1 Å². The van der Waals surface area contributed by atoms with E-state index < -0.39 is 4.92 Å². The van der Waals surface area contributed by atoms with E-state index in [-0.39, 0.29) is 5.69 Å². The molecule has 0 aliphatic rings. The molecule has 0 unspecified atom stereocenters. The van der Waals surface area contributed by atoms with Gasteiger partial charge < -0.3 is 15.4 Å². The Morgan fingerprint density at radius 2 is 2.12 bits per heavy atom. The molecular formula is C16H16ClN3O3S. The highest BCUT2D eigenvalue weighted by atomic mass is 35.5. The van der Waals surface area contributed by atoms with Crippen LogP contribution in [0.2, 0.25) is 5.02 Å². The van der Waals surface area contributed by atoms with Crippen LogP contribution in [0.25, 0.3) is 0 Å². The summed E-state index contributed by atoms with van der Waals surface area (Å²) in [6, 6.07) is 11.9. The molecule has 2 aromatic carbocycles. The summed E-state index contributed by atoms with van der Waals surface area (Å²) >= 11 is 11.2. The molecule has 0 heterocycles. The van der Waals surface area contributed by atoms with Crippen LogP contribution in [0.1, 0.15) is 5.56 Å². The van der Waals surface area contributed by atoms with Gasteiger partial charge in [-0.05, 0) is 42.4 Å². The molecule has 0 saturated carbocycles. The van der Waals surface area contributed by atoms with Crippen molar-refractivity contribution in [1.82, 2.24) is 5.32 Å². The number of nitro groups is 1. The predicted molar refractivity (Wildman–Crippen MR) is 99.0 cm³/mol.